The maximum atomic E-state index is 12.6. The van der Waals surface area contributed by atoms with Crippen LogP contribution in [0.4, 0.5) is 4.79 Å². The molecular formula is C20H30N4O2. The van der Waals surface area contributed by atoms with E-state index in [1.807, 2.05) is 28.9 Å². The summed E-state index contributed by atoms with van der Waals surface area (Å²) in [6.45, 7) is 9.21. The predicted molar refractivity (Wildman–Crippen MR) is 102 cm³/mol. The Morgan fingerprint density at radius 2 is 1.65 bits per heavy atom. The molecule has 0 aromatic heterocycles. The summed E-state index contributed by atoms with van der Waals surface area (Å²) >= 11 is 0. The Balaban J connectivity index is 1.44. The number of rotatable bonds is 4. The Morgan fingerprint density at radius 1 is 1.00 bits per heavy atom. The Morgan fingerprint density at radius 3 is 2.31 bits per heavy atom. The van der Waals surface area contributed by atoms with E-state index in [2.05, 4.69) is 29.3 Å². The van der Waals surface area contributed by atoms with Gasteiger partial charge in [0.1, 0.15) is 0 Å². The first-order chi connectivity index (χ1) is 12.5. The number of nitrogens with one attached hydrogen (secondary N) is 1. The first kappa shape index (κ1) is 18.7. The highest BCUT2D eigenvalue weighted by Crippen LogP contribution is 2.17. The van der Waals surface area contributed by atoms with Gasteiger partial charge in [-0.3, -0.25) is 9.69 Å². The molecule has 2 aliphatic heterocycles. The minimum absolute atomic E-state index is 0.0153. The molecule has 1 atom stereocenters. The summed E-state index contributed by atoms with van der Waals surface area (Å²) in [5.74, 6) is 0.230. The second kappa shape index (κ2) is 8.54. The van der Waals surface area contributed by atoms with Gasteiger partial charge in [-0.2, -0.15) is 0 Å². The zero-order valence-corrected chi connectivity index (χ0v) is 15.9. The number of urea groups is 1. The van der Waals surface area contributed by atoms with Gasteiger partial charge in [0, 0.05) is 39.3 Å². The number of hydrogen-bond donors (Lipinski definition) is 1. The molecule has 1 unspecified atom stereocenters. The Hall–Kier alpha value is -2.08. The van der Waals surface area contributed by atoms with Crippen LogP contribution in [-0.4, -0.2) is 72.5 Å². The third-order valence-corrected chi connectivity index (χ3v) is 5.47. The molecule has 2 saturated heterocycles. The summed E-state index contributed by atoms with van der Waals surface area (Å²) in [6.07, 6.45) is 2.25. The smallest absolute Gasteiger partial charge is 0.317 e. The number of nitrogens with zero attached hydrogens (tertiary/aromatic N) is 3. The molecular weight excluding hydrogens is 328 g/mol. The van der Waals surface area contributed by atoms with Gasteiger partial charge in [0.25, 0.3) is 0 Å². The van der Waals surface area contributed by atoms with Crippen molar-refractivity contribution in [1.82, 2.24) is 20.0 Å². The van der Waals surface area contributed by atoms with Gasteiger partial charge in [-0.25, -0.2) is 4.79 Å². The molecule has 1 aromatic carbocycles. The topological polar surface area (TPSA) is 55.9 Å². The Labute approximate surface area is 156 Å². The van der Waals surface area contributed by atoms with Crippen molar-refractivity contribution in [2.75, 3.05) is 45.8 Å². The van der Waals surface area contributed by atoms with E-state index in [0.717, 1.165) is 44.6 Å². The lowest BCUT2D eigenvalue weighted by atomic mass is 10.0. The van der Waals surface area contributed by atoms with Gasteiger partial charge in [0.2, 0.25) is 5.91 Å². The number of amides is 3. The number of benzene rings is 1. The summed E-state index contributed by atoms with van der Waals surface area (Å²) in [5.41, 5.74) is 2.33. The number of carbonyl (C=O) groups excluding carboxylic acids is 2. The van der Waals surface area contributed by atoms with E-state index in [4.69, 9.17) is 0 Å². The first-order valence-electron chi connectivity index (χ1n) is 9.65. The normalized spacial score (nSPS) is 19.5. The first-order valence-corrected chi connectivity index (χ1v) is 9.65. The zero-order chi connectivity index (χ0) is 18.5. The lowest BCUT2D eigenvalue weighted by Gasteiger charge is -2.35. The van der Waals surface area contributed by atoms with Crippen LogP contribution in [0.1, 0.15) is 36.9 Å². The van der Waals surface area contributed by atoms with Gasteiger partial charge in [-0.05, 0) is 37.8 Å². The summed E-state index contributed by atoms with van der Waals surface area (Å²) < 4.78 is 0. The number of hydrogen-bond acceptors (Lipinski definition) is 3. The lowest BCUT2D eigenvalue weighted by molar-refractivity contribution is -0.131. The molecule has 0 bridgehead atoms. The number of aryl methyl sites for hydroxylation is 1. The molecule has 0 radical (unpaired) electrons. The molecule has 0 aliphatic carbocycles. The second-order valence-electron chi connectivity index (χ2n) is 7.38. The quantitative estimate of drug-likeness (QED) is 0.896. The fourth-order valence-electron chi connectivity index (χ4n) is 3.79. The molecule has 3 rings (SSSR count). The van der Waals surface area contributed by atoms with Crippen molar-refractivity contribution in [2.45, 2.75) is 32.7 Å². The predicted octanol–water partition coefficient (Wildman–Crippen LogP) is 2.01. The molecule has 0 spiro atoms. The highest BCUT2D eigenvalue weighted by molar-refractivity contribution is 5.78. The standard InChI is InChI=1S/C20H30N4O2/c1-16-7-3-4-8-18(16)17(2)21-20(26)24-13-11-22(12-14-24)15-19(25)23-9-5-6-10-23/h3-4,7-8,17H,5-6,9-15H2,1-2H3,(H,21,26). The van der Waals surface area contributed by atoms with E-state index >= 15 is 0 Å². The molecule has 0 saturated carbocycles. The van der Waals surface area contributed by atoms with Crippen LogP contribution < -0.4 is 5.32 Å². The van der Waals surface area contributed by atoms with Crippen molar-refractivity contribution in [1.29, 1.82) is 0 Å². The van der Waals surface area contributed by atoms with Crippen molar-refractivity contribution in [3.8, 4) is 0 Å². The third-order valence-electron chi connectivity index (χ3n) is 5.47. The largest absolute Gasteiger partial charge is 0.342 e. The number of carbonyl (C=O) groups is 2. The van der Waals surface area contributed by atoms with Crippen molar-refractivity contribution < 1.29 is 9.59 Å². The molecule has 142 valence electrons. The van der Waals surface area contributed by atoms with E-state index < -0.39 is 0 Å². The van der Waals surface area contributed by atoms with Crippen molar-refractivity contribution in [3.05, 3.63) is 35.4 Å². The van der Waals surface area contributed by atoms with Crippen LogP contribution in [0.5, 0.6) is 0 Å². The maximum absolute atomic E-state index is 12.6. The molecule has 3 amide bonds. The Kier molecular flexibility index (Phi) is 6.14. The second-order valence-corrected chi connectivity index (χ2v) is 7.38. The molecule has 6 heteroatoms. The van der Waals surface area contributed by atoms with Crippen molar-refractivity contribution in [3.63, 3.8) is 0 Å². The fourth-order valence-corrected chi connectivity index (χ4v) is 3.79. The van der Waals surface area contributed by atoms with Crippen LogP contribution in [0.3, 0.4) is 0 Å². The third kappa shape index (κ3) is 4.55. The van der Waals surface area contributed by atoms with Crippen LogP contribution >= 0.6 is 0 Å². The minimum atomic E-state index is -0.0220. The molecule has 1 aromatic rings. The molecule has 1 N–H and O–H groups in total. The monoisotopic (exact) mass is 358 g/mol. The van der Waals surface area contributed by atoms with Crippen LogP contribution in [0.25, 0.3) is 0 Å². The summed E-state index contributed by atoms with van der Waals surface area (Å²) in [6, 6.07) is 8.10. The SMILES string of the molecule is Cc1ccccc1C(C)NC(=O)N1CCN(CC(=O)N2CCCC2)CC1. The van der Waals surface area contributed by atoms with Gasteiger partial charge >= 0.3 is 6.03 Å². The highest BCUT2D eigenvalue weighted by Gasteiger charge is 2.26. The summed E-state index contributed by atoms with van der Waals surface area (Å²) in [5, 5.41) is 3.10. The number of piperazine rings is 1. The van der Waals surface area contributed by atoms with Crippen LogP contribution in [-0.2, 0) is 4.79 Å². The maximum Gasteiger partial charge on any atom is 0.317 e. The van der Waals surface area contributed by atoms with E-state index in [-0.39, 0.29) is 18.0 Å². The van der Waals surface area contributed by atoms with Crippen LogP contribution in [0.15, 0.2) is 24.3 Å². The lowest BCUT2D eigenvalue weighted by Crippen LogP contribution is -2.53. The van der Waals surface area contributed by atoms with Gasteiger partial charge in [-0.15, -0.1) is 0 Å². The van der Waals surface area contributed by atoms with Gasteiger partial charge in [0.15, 0.2) is 0 Å². The minimum Gasteiger partial charge on any atom is -0.342 e. The van der Waals surface area contributed by atoms with Gasteiger partial charge in [0.05, 0.1) is 12.6 Å². The summed E-state index contributed by atoms with van der Waals surface area (Å²) in [7, 11) is 0. The average molecular weight is 358 g/mol. The van der Waals surface area contributed by atoms with Crippen molar-refractivity contribution >= 4 is 11.9 Å². The molecule has 26 heavy (non-hydrogen) atoms. The molecule has 2 aliphatic rings. The van der Waals surface area contributed by atoms with E-state index in [9.17, 15) is 9.59 Å². The van der Waals surface area contributed by atoms with Gasteiger partial charge in [-0.1, -0.05) is 24.3 Å². The van der Waals surface area contributed by atoms with Crippen molar-refractivity contribution in [2.24, 2.45) is 0 Å². The summed E-state index contributed by atoms with van der Waals surface area (Å²) in [4.78, 5) is 30.8. The fraction of sp³-hybridized carbons (Fsp3) is 0.600. The molecule has 2 fully saturated rings. The van der Waals surface area contributed by atoms with E-state index in [1.165, 1.54) is 5.56 Å². The Bertz CT molecular complexity index is 634. The number of likely N-dealkylation sites (tertiary alicyclic amines) is 1. The highest BCUT2D eigenvalue weighted by atomic mass is 16.2. The average Bonchev–Trinajstić information content (AvgIpc) is 3.17. The zero-order valence-electron chi connectivity index (χ0n) is 15.9. The van der Waals surface area contributed by atoms with Crippen LogP contribution in [0.2, 0.25) is 0 Å². The molecule has 6 nitrogen and oxygen atoms in total. The van der Waals surface area contributed by atoms with E-state index in [0.29, 0.717) is 19.6 Å². The van der Waals surface area contributed by atoms with Gasteiger partial charge < -0.3 is 15.1 Å². The van der Waals surface area contributed by atoms with Crippen LogP contribution in [0, 0.1) is 6.92 Å². The van der Waals surface area contributed by atoms with E-state index in [1.54, 1.807) is 0 Å². The molecule has 2 heterocycles.